The predicted octanol–water partition coefficient (Wildman–Crippen LogP) is 0.998. The SMILES string of the molecule is CC(O)(CNC(=O)c1cc2ccccc2o1)C(=O)O. The first kappa shape index (κ1) is 13.1. The molecule has 0 fully saturated rings. The summed E-state index contributed by atoms with van der Waals surface area (Å²) in [6.45, 7) is 0.701. The molecular weight excluding hydrogens is 250 g/mol. The molecular formula is C13H13NO5. The molecule has 0 saturated carbocycles. The number of furan rings is 1. The van der Waals surface area contributed by atoms with Crippen molar-refractivity contribution in [3.8, 4) is 0 Å². The summed E-state index contributed by atoms with van der Waals surface area (Å²) < 4.78 is 5.31. The molecule has 6 nitrogen and oxygen atoms in total. The van der Waals surface area contributed by atoms with Crippen LogP contribution in [0.5, 0.6) is 0 Å². The monoisotopic (exact) mass is 263 g/mol. The summed E-state index contributed by atoms with van der Waals surface area (Å²) in [6.07, 6.45) is 0. The summed E-state index contributed by atoms with van der Waals surface area (Å²) >= 11 is 0. The van der Waals surface area contributed by atoms with Crippen LogP contribution in [0, 0.1) is 0 Å². The van der Waals surface area contributed by atoms with Crippen molar-refractivity contribution >= 4 is 22.8 Å². The first-order valence-corrected chi connectivity index (χ1v) is 5.63. The van der Waals surface area contributed by atoms with E-state index >= 15 is 0 Å². The van der Waals surface area contributed by atoms with E-state index in [2.05, 4.69) is 5.32 Å². The van der Waals surface area contributed by atoms with Crippen LogP contribution < -0.4 is 5.32 Å². The molecule has 2 rings (SSSR count). The summed E-state index contributed by atoms with van der Waals surface area (Å²) in [4.78, 5) is 22.5. The number of para-hydroxylation sites is 1. The van der Waals surface area contributed by atoms with Crippen LogP contribution in [0.3, 0.4) is 0 Å². The van der Waals surface area contributed by atoms with Gasteiger partial charge in [-0.05, 0) is 19.1 Å². The highest BCUT2D eigenvalue weighted by molar-refractivity contribution is 5.96. The molecule has 1 unspecified atom stereocenters. The third-order valence-electron chi connectivity index (χ3n) is 2.70. The van der Waals surface area contributed by atoms with E-state index in [-0.39, 0.29) is 5.76 Å². The van der Waals surface area contributed by atoms with Gasteiger partial charge in [0.1, 0.15) is 5.58 Å². The van der Waals surface area contributed by atoms with Gasteiger partial charge in [0.05, 0.1) is 6.54 Å². The highest BCUT2D eigenvalue weighted by Crippen LogP contribution is 2.18. The van der Waals surface area contributed by atoms with Crippen LogP contribution in [0.2, 0.25) is 0 Å². The molecule has 0 saturated heterocycles. The predicted molar refractivity (Wildman–Crippen MR) is 66.8 cm³/mol. The fourth-order valence-electron chi connectivity index (χ4n) is 1.51. The van der Waals surface area contributed by atoms with Gasteiger partial charge in [-0.25, -0.2) is 4.79 Å². The van der Waals surface area contributed by atoms with Crippen molar-refractivity contribution in [2.45, 2.75) is 12.5 Å². The Hall–Kier alpha value is -2.34. The van der Waals surface area contributed by atoms with Crippen molar-refractivity contribution in [2.24, 2.45) is 0 Å². The number of fused-ring (bicyclic) bond motifs is 1. The van der Waals surface area contributed by atoms with Crippen LogP contribution in [0.1, 0.15) is 17.5 Å². The van der Waals surface area contributed by atoms with E-state index in [1.165, 1.54) is 0 Å². The van der Waals surface area contributed by atoms with Gasteiger partial charge in [0, 0.05) is 5.39 Å². The Balaban J connectivity index is 2.10. The molecule has 1 atom stereocenters. The molecule has 6 heteroatoms. The number of aliphatic carboxylic acids is 1. The smallest absolute Gasteiger partial charge is 0.337 e. The van der Waals surface area contributed by atoms with E-state index in [1.54, 1.807) is 24.3 Å². The van der Waals surface area contributed by atoms with E-state index in [9.17, 15) is 14.7 Å². The fraction of sp³-hybridized carbons (Fsp3) is 0.231. The van der Waals surface area contributed by atoms with Crippen LogP contribution in [-0.4, -0.2) is 34.2 Å². The van der Waals surface area contributed by atoms with Gasteiger partial charge >= 0.3 is 5.97 Å². The molecule has 3 N–H and O–H groups in total. The van der Waals surface area contributed by atoms with Gasteiger partial charge in [0.2, 0.25) is 0 Å². The Morgan fingerprint density at radius 2 is 2.05 bits per heavy atom. The molecule has 1 aromatic carbocycles. The first-order chi connectivity index (χ1) is 8.90. The summed E-state index contributed by atoms with van der Waals surface area (Å²) in [6, 6.07) is 8.67. The second-order valence-corrected chi connectivity index (χ2v) is 4.41. The van der Waals surface area contributed by atoms with Gasteiger partial charge in [0.25, 0.3) is 5.91 Å². The number of carboxylic acids is 1. The molecule has 19 heavy (non-hydrogen) atoms. The quantitative estimate of drug-likeness (QED) is 0.764. The second-order valence-electron chi connectivity index (χ2n) is 4.41. The normalized spacial score (nSPS) is 14.0. The number of benzene rings is 1. The molecule has 0 aliphatic rings. The van der Waals surface area contributed by atoms with E-state index in [0.29, 0.717) is 5.58 Å². The Kier molecular flexibility index (Phi) is 3.26. The van der Waals surface area contributed by atoms with E-state index < -0.39 is 24.0 Å². The van der Waals surface area contributed by atoms with Crippen molar-refractivity contribution < 1.29 is 24.2 Å². The fourth-order valence-corrected chi connectivity index (χ4v) is 1.51. The van der Waals surface area contributed by atoms with Crippen LogP contribution in [0.25, 0.3) is 11.0 Å². The molecule has 0 radical (unpaired) electrons. The van der Waals surface area contributed by atoms with Gasteiger partial charge in [-0.1, -0.05) is 18.2 Å². The molecule has 100 valence electrons. The van der Waals surface area contributed by atoms with Gasteiger partial charge in [-0.2, -0.15) is 0 Å². The lowest BCUT2D eigenvalue weighted by Crippen LogP contribution is -2.46. The van der Waals surface area contributed by atoms with Crippen molar-refractivity contribution in [1.29, 1.82) is 0 Å². The van der Waals surface area contributed by atoms with Crippen LogP contribution in [0.4, 0.5) is 0 Å². The number of carbonyl (C=O) groups is 2. The number of rotatable bonds is 4. The lowest BCUT2D eigenvalue weighted by molar-refractivity contribution is -0.155. The molecule has 0 aliphatic heterocycles. The minimum atomic E-state index is -2.01. The number of nitrogens with one attached hydrogen (secondary N) is 1. The maximum atomic E-state index is 11.8. The highest BCUT2D eigenvalue weighted by Gasteiger charge is 2.30. The Morgan fingerprint density at radius 1 is 1.37 bits per heavy atom. The van der Waals surface area contributed by atoms with Gasteiger partial charge in [0.15, 0.2) is 11.4 Å². The van der Waals surface area contributed by atoms with Gasteiger partial charge in [-0.15, -0.1) is 0 Å². The lowest BCUT2D eigenvalue weighted by atomic mass is 10.1. The average Bonchev–Trinajstić information content (AvgIpc) is 2.79. The largest absolute Gasteiger partial charge is 0.479 e. The number of hydrogen-bond acceptors (Lipinski definition) is 4. The summed E-state index contributed by atoms with van der Waals surface area (Å²) in [7, 11) is 0. The topological polar surface area (TPSA) is 99.8 Å². The van der Waals surface area contributed by atoms with E-state index in [1.807, 2.05) is 6.07 Å². The minimum absolute atomic E-state index is 0.0717. The van der Waals surface area contributed by atoms with E-state index in [4.69, 9.17) is 9.52 Å². The number of amides is 1. The maximum Gasteiger partial charge on any atom is 0.337 e. The molecule has 0 spiro atoms. The summed E-state index contributed by atoms with van der Waals surface area (Å²) in [5, 5.41) is 21.3. The molecule has 1 aromatic heterocycles. The van der Waals surface area contributed by atoms with Crippen molar-refractivity contribution in [3.05, 3.63) is 36.1 Å². The molecule has 0 aliphatic carbocycles. The van der Waals surface area contributed by atoms with Crippen molar-refractivity contribution in [3.63, 3.8) is 0 Å². The van der Waals surface area contributed by atoms with Gasteiger partial charge < -0.3 is 19.9 Å². The third kappa shape index (κ3) is 2.74. The highest BCUT2D eigenvalue weighted by atomic mass is 16.4. The van der Waals surface area contributed by atoms with Gasteiger partial charge in [-0.3, -0.25) is 4.79 Å². The van der Waals surface area contributed by atoms with E-state index in [0.717, 1.165) is 12.3 Å². The van der Waals surface area contributed by atoms with Crippen molar-refractivity contribution in [1.82, 2.24) is 5.32 Å². The molecule has 1 heterocycles. The molecule has 0 bridgehead atoms. The standard InChI is InChI=1S/C13H13NO5/c1-13(18,12(16)17)7-14-11(15)10-6-8-4-2-3-5-9(8)19-10/h2-6,18H,7H2,1H3,(H,14,15)(H,16,17). The first-order valence-electron chi connectivity index (χ1n) is 5.63. The zero-order valence-electron chi connectivity index (χ0n) is 10.2. The summed E-state index contributed by atoms with van der Waals surface area (Å²) in [5.41, 5.74) is -1.44. The van der Waals surface area contributed by atoms with Crippen molar-refractivity contribution in [2.75, 3.05) is 6.54 Å². The Labute approximate surface area is 108 Å². The maximum absolute atomic E-state index is 11.8. The van der Waals surface area contributed by atoms with Crippen LogP contribution >= 0.6 is 0 Å². The number of aliphatic hydroxyl groups is 1. The number of hydrogen-bond donors (Lipinski definition) is 3. The molecule has 2 aromatic rings. The Morgan fingerprint density at radius 3 is 2.68 bits per heavy atom. The minimum Gasteiger partial charge on any atom is -0.479 e. The van der Waals surface area contributed by atoms with Crippen LogP contribution in [-0.2, 0) is 4.79 Å². The second kappa shape index (κ2) is 4.74. The zero-order valence-corrected chi connectivity index (χ0v) is 10.2. The number of carboxylic acid groups (broad SMARTS) is 1. The molecule has 1 amide bonds. The zero-order chi connectivity index (χ0) is 14.0. The third-order valence-corrected chi connectivity index (χ3v) is 2.70. The summed E-state index contributed by atoms with van der Waals surface area (Å²) in [5.74, 6) is -1.91. The Bertz CT molecular complexity index is 596. The number of carbonyl (C=O) groups excluding carboxylic acids is 1. The lowest BCUT2D eigenvalue weighted by Gasteiger charge is -2.17. The average molecular weight is 263 g/mol. The van der Waals surface area contributed by atoms with Crippen LogP contribution in [0.15, 0.2) is 34.7 Å².